The van der Waals surface area contributed by atoms with Crippen molar-refractivity contribution in [1.29, 1.82) is 0 Å². The molecule has 0 radical (unpaired) electrons. The van der Waals surface area contributed by atoms with Gasteiger partial charge in [0.25, 0.3) is 0 Å². The quantitative estimate of drug-likeness (QED) is 0.850. The van der Waals surface area contributed by atoms with Gasteiger partial charge in [0.1, 0.15) is 6.10 Å². The van der Waals surface area contributed by atoms with E-state index in [1.54, 1.807) is 12.1 Å². The highest BCUT2D eigenvalue weighted by molar-refractivity contribution is 9.24. The van der Waals surface area contributed by atoms with Crippen LogP contribution >= 0.6 is 31.9 Å². The van der Waals surface area contributed by atoms with Gasteiger partial charge in [0.2, 0.25) is 6.79 Å². The highest BCUT2D eigenvalue weighted by Gasteiger charge is 2.19. The van der Waals surface area contributed by atoms with E-state index in [1.807, 2.05) is 6.07 Å². The van der Waals surface area contributed by atoms with Crippen molar-refractivity contribution in [3.8, 4) is 11.5 Å². The summed E-state index contributed by atoms with van der Waals surface area (Å²) in [5, 5.41) is 9.74. The summed E-state index contributed by atoms with van der Waals surface area (Å²) in [5.74, 6) is 1.41. The zero-order chi connectivity index (χ0) is 10.1. The van der Waals surface area contributed by atoms with Crippen LogP contribution in [0.25, 0.3) is 0 Å². The van der Waals surface area contributed by atoms with Crippen LogP contribution in [-0.4, -0.2) is 15.6 Å². The minimum Gasteiger partial charge on any atom is -0.454 e. The van der Waals surface area contributed by atoms with Crippen molar-refractivity contribution in [2.45, 2.75) is 9.84 Å². The lowest BCUT2D eigenvalue weighted by atomic mass is 10.1. The standard InChI is InChI=1S/C9H8Br2O3/c10-9(11)8(12)5-1-2-6-7(3-5)14-4-13-6/h1-3,8-9,12H,4H2/t8-/m1/s1. The van der Waals surface area contributed by atoms with Gasteiger partial charge in [-0.25, -0.2) is 0 Å². The third kappa shape index (κ3) is 1.89. The van der Waals surface area contributed by atoms with Crippen LogP contribution in [0.3, 0.4) is 0 Å². The maximum absolute atomic E-state index is 9.74. The van der Waals surface area contributed by atoms with Crippen molar-refractivity contribution in [2.75, 3.05) is 6.79 Å². The molecule has 0 spiro atoms. The Kier molecular flexibility index (Phi) is 2.99. The minimum absolute atomic E-state index is 0.171. The SMILES string of the molecule is O[C@H](c1ccc2c(c1)OCO2)C(Br)Br. The molecule has 0 saturated carbocycles. The molecule has 3 nitrogen and oxygen atoms in total. The normalized spacial score (nSPS) is 16.0. The van der Waals surface area contributed by atoms with Gasteiger partial charge in [-0.1, -0.05) is 37.9 Å². The number of rotatable bonds is 2. The molecule has 1 atom stereocenters. The summed E-state index contributed by atoms with van der Waals surface area (Å²) in [6.07, 6.45) is -0.607. The van der Waals surface area contributed by atoms with Crippen LogP contribution in [-0.2, 0) is 0 Å². The van der Waals surface area contributed by atoms with Crippen LogP contribution in [0.5, 0.6) is 11.5 Å². The van der Waals surface area contributed by atoms with E-state index in [1.165, 1.54) is 0 Å². The summed E-state index contributed by atoms with van der Waals surface area (Å²) in [6, 6.07) is 5.39. The number of fused-ring (bicyclic) bond motifs is 1. The number of aliphatic hydroxyl groups is 1. The second-order valence-electron chi connectivity index (χ2n) is 2.89. The predicted molar refractivity (Wildman–Crippen MR) is 59.2 cm³/mol. The Labute approximate surface area is 98.3 Å². The van der Waals surface area contributed by atoms with Crippen LogP contribution in [0.1, 0.15) is 11.7 Å². The number of ether oxygens (including phenoxy) is 2. The van der Waals surface area contributed by atoms with E-state index >= 15 is 0 Å². The van der Waals surface area contributed by atoms with Crippen LogP contribution in [0, 0.1) is 0 Å². The van der Waals surface area contributed by atoms with E-state index in [0.717, 1.165) is 11.3 Å². The van der Waals surface area contributed by atoms with E-state index in [0.29, 0.717) is 5.75 Å². The molecule has 14 heavy (non-hydrogen) atoms. The van der Waals surface area contributed by atoms with Crippen LogP contribution in [0.15, 0.2) is 18.2 Å². The summed E-state index contributed by atoms with van der Waals surface area (Å²) in [7, 11) is 0. The monoisotopic (exact) mass is 322 g/mol. The molecule has 2 rings (SSSR count). The van der Waals surface area contributed by atoms with E-state index in [2.05, 4.69) is 31.9 Å². The molecule has 0 aliphatic carbocycles. The Hall–Kier alpha value is -0.260. The van der Waals surface area contributed by atoms with E-state index < -0.39 is 6.10 Å². The number of hydrogen-bond acceptors (Lipinski definition) is 3. The van der Waals surface area contributed by atoms with Gasteiger partial charge in [-0.3, -0.25) is 0 Å². The van der Waals surface area contributed by atoms with Crippen molar-refractivity contribution < 1.29 is 14.6 Å². The highest BCUT2D eigenvalue weighted by atomic mass is 79.9. The highest BCUT2D eigenvalue weighted by Crippen LogP contribution is 2.36. The van der Waals surface area contributed by atoms with Crippen molar-refractivity contribution in [3.63, 3.8) is 0 Å². The summed E-state index contributed by atoms with van der Waals surface area (Å²) >= 11 is 6.50. The molecule has 1 heterocycles. The van der Waals surface area contributed by atoms with Gasteiger partial charge in [0, 0.05) is 0 Å². The molecule has 0 amide bonds. The third-order valence-corrected chi connectivity index (χ3v) is 2.98. The summed E-state index contributed by atoms with van der Waals surface area (Å²) in [5.41, 5.74) is 0.785. The van der Waals surface area contributed by atoms with Gasteiger partial charge < -0.3 is 14.6 Å². The average Bonchev–Trinajstić information content (AvgIpc) is 2.62. The molecule has 1 N–H and O–H groups in total. The number of benzene rings is 1. The Morgan fingerprint density at radius 2 is 1.93 bits per heavy atom. The molecule has 5 heteroatoms. The van der Waals surface area contributed by atoms with Gasteiger partial charge in [0.15, 0.2) is 11.5 Å². The predicted octanol–water partition coefficient (Wildman–Crippen LogP) is 2.56. The second-order valence-corrected chi connectivity index (χ2v) is 6.09. The molecule has 0 fully saturated rings. The molecule has 76 valence electrons. The summed E-state index contributed by atoms with van der Waals surface area (Å²) in [6.45, 7) is 0.251. The van der Waals surface area contributed by atoms with E-state index in [-0.39, 0.29) is 10.5 Å². The first-order chi connectivity index (χ1) is 6.68. The molecule has 0 saturated heterocycles. The average molecular weight is 324 g/mol. The molecule has 0 aromatic heterocycles. The zero-order valence-corrected chi connectivity index (χ0v) is 10.3. The first kappa shape index (κ1) is 10.3. The first-order valence-corrected chi connectivity index (χ1v) is 5.87. The lowest BCUT2D eigenvalue weighted by Gasteiger charge is -2.12. The van der Waals surface area contributed by atoms with E-state index in [4.69, 9.17) is 9.47 Å². The smallest absolute Gasteiger partial charge is 0.231 e. The van der Waals surface area contributed by atoms with Crippen LogP contribution in [0.4, 0.5) is 0 Å². The fourth-order valence-electron chi connectivity index (χ4n) is 1.24. The molecule has 1 aromatic rings. The topological polar surface area (TPSA) is 38.7 Å². The van der Waals surface area contributed by atoms with Gasteiger partial charge in [-0.15, -0.1) is 0 Å². The third-order valence-electron chi connectivity index (χ3n) is 1.98. The Bertz CT molecular complexity index is 341. The molecular formula is C9H8Br2O3. The molecule has 1 aliphatic heterocycles. The molecule has 0 bridgehead atoms. The van der Waals surface area contributed by atoms with Gasteiger partial charge in [0.05, 0.1) is 3.74 Å². The number of aliphatic hydroxyl groups excluding tert-OH is 1. The van der Waals surface area contributed by atoms with Crippen LogP contribution < -0.4 is 9.47 Å². The Morgan fingerprint density at radius 3 is 2.64 bits per heavy atom. The lowest BCUT2D eigenvalue weighted by Crippen LogP contribution is -2.04. The molecule has 0 unspecified atom stereocenters. The number of halogens is 2. The fourth-order valence-corrected chi connectivity index (χ4v) is 1.85. The van der Waals surface area contributed by atoms with E-state index in [9.17, 15) is 5.11 Å². The largest absolute Gasteiger partial charge is 0.454 e. The first-order valence-electron chi connectivity index (χ1n) is 4.04. The van der Waals surface area contributed by atoms with Gasteiger partial charge in [-0.2, -0.15) is 0 Å². The summed E-state index contributed by atoms with van der Waals surface area (Å²) < 4.78 is 10.2. The minimum atomic E-state index is -0.607. The molecule has 1 aromatic carbocycles. The van der Waals surface area contributed by atoms with Crippen molar-refractivity contribution in [1.82, 2.24) is 0 Å². The molecular weight excluding hydrogens is 316 g/mol. The second kappa shape index (κ2) is 4.08. The Balaban J connectivity index is 2.28. The van der Waals surface area contributed by atoms with Crippen molar-refractivity contribution in [2.24, 2.45) is 0 Å². The molecule has 1 aliphatic rings. The maximum atomic E-state index is 9.74. The lowest BCUT2D eigenvalue weighted by molar-refractivity contribution is 0.173. The van der Waals surface area contributed by atoms with Crippen molar-refractivity contribution in [3.05, 3.63) is 23.8 Å². The zero-order valence-electron chi connectivity index (χ0n) is 7.11. The summed E-state index contributed by atoms with van der Waals surface area (Å²) in [4.78, 5) is 0. The van der Waals surface area contributed by atoms with Crippen molar-refractivity contribution >= 4 is 31.9 Å². The van der Waals surface area contributed by atoms with Crippen LogP contribution in [0.2, 0.25) is 0 Å². The van der Waals surface area contributed by atoms with Gasteiger partial charge >= 0.3 is 0 Å². The number of alkyl halides is 2. The maximum Gasteiger partial charge on any atom is 0.231 e. The fraction of sp³-hybridized carbons (Fsp3) is 0.333. The Morgan fingerprint density at radius 1 is 1.21 bits per heavy atom. The number of hydrogen-bond donors (Lipinski definition) is 1. The van der Waals surface area contributed by atoms with Gasteiger partial charge in [-0.05, 0) is 17.7 Å².